The number of rotatable bonds is 4. The third-order valence-corrected chi connectivity index (χ3v) is 2.08. The molecule has 0 saturated carbocycles. The van der Waals surface area contributed by atoms with Gasteiger partial charge < -0.3 is 10.5 Å². The lowest BCUT2D eigenvalue weighted by Crippen LogP contribution is -2.05. The fourth-order valence-corrected chi connectivity index (χ4v) is 1.16. The molecule has 0 spiro atoms. The topological polar surface area (TPSA) is 35.2 Å². The van der Waals surface area contributed by atoms with Gasteiger partial charge >= 0.3 is 0 Å². The van der Waals surface area contributed by atoms with Crippen molar-refractivity contribution < 1.29 is 9.13 Å². The molecule has 0 heterocycles. The summed E-state index contributed by atoms with van der Waals surface area (Å²) in [4.78, 5) is 0. The average molecular weight is 230 g/mol. The standard InChI is InChI=1S/C11H13ClFNO/c1-8(14)9-3-4-11(10(13)7-9)15-6-2-5-12/h2-5,7-8H,6,14H2,1H3/b5-2+/t8-/m0/s1. The van der Waals surface area contributed by atoms with Gasteiger partial charge in [-0.05, 0) is 30.7 Å². The third-order valence-electron chi connectivity index (χ3n) is 1.91. The SMILES string of the molecule is C[C@H](N)c1ccc(OC/C=C/Cl)c(F)c1. The Kier molecular flexibility index (Phi) is 4.59. The fraction of sp³-hybridized carbons (Fsp3) is 0.273. The van der Waals surface area contributed by atoms with Gasteiger partial charge in [0.2, 0.25) is 0 Å². The number of ether oxygens (including phenoxy) is 1. The molecule has 2 N–H and O–H groups in total. The number of halogens is 2. The Morgan fingerprint density at radius 2 is 2.33 bits per heavy atom. The summed E-state index contributed by atoms with van der Waals surface area (Å²) in [5.41, 5.74) is 7.69. The molecule has 0 aliphatic heterocycles. The Morgan fingerprint density at radius 3 is 2.87 bits per heavy atom. The Balaban J connectivity index is 2.74. The first kappa shape index (κ1) is 12.0. The summed E-state index contributed by atoms with van der Waals surface area (Å²) in [5.74, 6) is -0.207. The van der Waals surface area contributed by atoms with E-state index in [1.54, 1.807) is 25.1 Å². The van der Waals surface area contributed by atoms with Crippen molar-refractivity contribution in [2.75, 3.05) is 6.61 Å². The average Bonchev–Trinajstić information content (AvgIpc) is 2.20. The quantitative estimate of drug-likeness (QED) is 0.862. The van der Waals surface area contributed by atoms with E-state index in [1.807, 2.05) is 0 Å². The highest BCUT2D eigenvalue weighted by molar-refractivity contribution is 6.25. The molecule has 0 aliphatic carbocycles. The van der Waals surface area contributed by atoms with Crippen molar-refractivity contribution in [1.82, 2.24) is 0 Å². The predicted molar refractivity (Wildman–Crippen MR) is 59.5 cm³/mol. The van der Waals surface area contributed by atoms with Crippen molar-refractivity contribution in [3.8, 4) is 5.75 Å². The van der Waals surface area contributed by atoms with E-state index in [0.29, 0.717) is 0 Å². The van der Waals surface area contributed by atoms with Crippen LogP contribution in [0.25, 0.3) is 0 Å². The highest BCUT2D eigenvalue weighted by Gasteiger charge is 2.06. The van der Waals surface area contributed by atoms with Gasteiger partial charge in [-0.15, -0.1) is 0 Å². The summed E-state index contributed by atoms with van der Waals surface area (Å²) in [5, 5.41) is 0. The lowest BCUT2D eigenvalue weighted by molar-refractivity contribution is 0.341. The Bertz CT molecular complexity index is 352. The van der Waals surface area contributed by atoms with Crippen molar-refractivity contribution in [3.05, 3.63) is 41.2 Å². The van der Waals surface area contributed by atoms with Crippen LogP contribution in [0, 0.1) is 5.82 Å². The molecule has 2 nitrogen and oxygen atoms in total. The molecule has 15 heavy (non-hydrogen) atoms. The molecule has 0 bridgehead atoms. The van der Waals surface area contributed by atoms with Gasteiger partial charge in [0, 0.05) is 11.6 Å². The molecule has 0 aliphatic rings. The second-order valence-electron chi connectivity index (χ2n) is 3.15. The maximum Gasteiger partial charge on any atom is 0.165 e. The number of hydrogen-bond acceptors (Lipinski definition) is 2. The number of nitrogens with two attached hydrogens (primary N) is 1. The van der Waals surface area contributed by atoms with Gasteiger partial charge in [-0.25, -0.2) is 4.39 Å². The molecule has 1 rings (SSSR count). The first-order valence-corrected chi connectivity index (χ1v) is 5.02. The molecule has 0 radical (unpaired) electrons. The van der Waals surface area contributed by atoms with E-state index in [4.69, 9.17) is 22.1 Å². The van der Waals surface area contributed by atoms with E-state index in [1.165, 1.54) is 11.6 Å². The summed E-state index contributed by atoms with van der Waals surface area (Å²) < 4.78 is 18.5. The zero-order chi connectivity index (χ0) is 11.3. The highest BCUT2D eigenvalue weighted by atomic mass is 35.5. The van der Waals surface area contributed by atoms with Crippen LogP contribution in [0.5, 0.6) is 5.75 Å². The van der Waals surface area contributed by atoms with Crippen LogP contribution in [-0.4, -0.2) is 6.61 Å². The molecule has 0 aromatic heterocycles. The Hall–Kier alpha value is -1.06. The van der Waals surface area contributed by atoms with E-state index in [-0.39, 0.29) is 18.4 Å². The zero-order valence-electron chi connectivity index (χ0n) is 8.41. The molecule has 1 atom stereocenters. The molecule has 0 fully saturated rings. The Morgan fingerprint density at radius 1 is 1.60 bits per heavy atom. The van der Waals surface area contributed by atoms with E-state index < -0.39 is 5.82 Å². The predicted octanol–water partition coefficient (Wildman–Crippen LogP) is 2.98. The van der Waals surface area contributed by atoms with Crippen LogP contribution in [0.3, 0.4) is 0 Å². The minimum absolute atomic E-state index is 0.184. The molecule has 1 aromatic rings. The van der Waals surface area contributed by atoms with Crippen molar-refractivity contribution in [1.29, 1.82) is 0 Å². The molecule has 4 heteroatoms. The highest BCUT2D eigenvalue weighted by Crippen LogP contribution is 2.20. The molecule has 0 saturated heterocycles. The minimum Gasteiger partial charge on any atom is -0.486 e. The molecular weight excluding hydrogens is 217 g/mol. The molecule has 0 unspecified atom stereocenters. The number of hydrogen-bond donors (Lipinski definition) is 1. The third kappa shape index (κ3) is 3.53. The molecule has 82 valence electrons. The fourth-order valence-electron chi connectivity index (χ4n) is 1.09. The lowest BCUT2D eigenvalue weighted by Gasteiger charge is -2.08. The van der Waals surface area contributed by atoms with Crippen LogP contribution in [0.4, 0.5) is 4.39 Å². The van der Waals surface area contributed by atoms with E-state index in [0.717, 1.165) is 5.56 Å². The summed E-state index contributed by atoms with van der Waals surface area (Å²) in [7, 11) is 0. The second kappa shape index (κ2) is 5.73. The van der Waals surface area contributed by atoms with Crippen LogP contribution in [0.2, 0.25) is 0 Å². The lowest BCUT2D eigenvalue weighted by atomic mass is 10.1. The minimum atomic E-state index is -0.409. The van der Waals surface area contributed by atoms with Crippen LogP contribution in [-0.2, 0) is 0 Å². The Labute approximate surface area is 93.5 Å². The van der Waals surface area contributed by atoms with E-state index >= 15 is 0 Å². The first-order valence-electron chi connectivity index (χ1n) is 4.58. The van der Waals surface area contributed by atoms with Crippen molar-refractivity contribution >= 4 is 11.6 Å². The van der Waals surface area contributed by atoms with Crippen molar-refractivity contribution in [3.63, 3.8) is 0 Å². The van der Waals surface area contributed by atoms with Crippen LogP contribution >= 0.6 is 11.6 Å². The van der Waals surface area contributed by atoms with Crippen LogP contribution in [0.1, 0.15) is 18.5 Å². The summed E-state index contributed by atoms with van der Waals surface area (Å²) >= 11 is 5.30. The molecular formula is C11H13ClFNO. The van der Waals surface area contributed by atoms with E-state index in [9.17, 15) is 4.39 Å². The zero-order valence-corrected chi connectivity index (χ0v) is 9.17. The van der Waals surface area contributed by atoms with Gasteiger partial charge in [0.1, 0.15) is 6.61 Å². The summed E-state index contributed by atoms with van der Waals surface area (Å²) in [6, 6.07) is 4.50. The smallest absolute Gasteiger partial charge is 0.165 e. The maximum absolute atomic E-state index is 13.4. The number of benzene rings is 1. The van der Waals surface area contributed by atoms with Gasteiger partial charge in [0.05, 0.1) is 0 Å². The normalized spacial score (nSPS) is 13.1. The van der Waals surface area contributed by atoms with Crippen molar-refractivity contribution in [2.24, 2.45) is 5.73 Å². The summed E-state index contributed by atoms with van der Waals surface area (Å²) in [6.07, 6.45) is 1.58. The molecule has 1 aromatic carbocycles. The summed E-state index contributed by atoms with van der Waals surface area (Å²) in [6.45, 7) is 2.05. The second-order valence-corrected chi connectivity index (χ2v) is 3.40. The van der Waals surface area contributed by atoms with Gasteiger partial charge in [-0.2, -0.15) is 0 Å². The maximum atomic E-state index is 13.4. The molecule has 0 amide bonds. The van der Waals surface area contributed by atoms with Crippen LogP contribution in [0.15, 0.2) is 29.8 Å². The van der Waals surface area contributed by atoms with Gasteiger partial charge in [0.25, 0.3) is 0 Å². The first-order chi connectivity index (χ1) is 7.15. The van der Waals surface area contributed by atoms with Crippen LogP contribution < -0.4 is 10.5 Å². The monoisotopic (exact) mass is 229 g/mol. The van der Waals surface area contributed by atoms with Gasteiger partial charge in [-0.3, -0.25) is 0 Å². The van der Waals surface area contributed by atoms with Gasteiger partial charge in [-0.1, -0.05) is 17.7 Å². The largest absolute Gasteiger partial charge is 0.486 e. The van der Waals surface area contributed by atoms with Gasteiger partial charge in [0.15, 0.2) is 11.6 Å². The van der Waals surface area contributed by atoms with Crippen molar-refractivity contribution in [2.45, 2.75) is 13.0 Å². The van der Waals surface area contributed by atoms with E-state index in [2.05, 4.69) is 0 Å².